The summed E-state index contributed by atoms with van der Waals surface area (Å²) in [4.78, 5) is 5.01. The van der Waals surface area contributed by atoms with Gasteiger partial charge in [0.2, 0.25) is 0 Å². The molecule has 1 aromatic carbocycles. The van der Waals surface area contributed by atoms with Crippen molar-refractivity contribution in [1.29, 1.82) is 0 Å². The lowest BCUT2D eigenvalue weighted by molar-refractivity contribution is 0.0352. The molecule has 112 valence electrons. The maximum absolute atomic E-state index is 6.08. The summed E-state index contributed by atoms with van der Waals surface area (Å²) in [5, 5.41) is 0. The Labute approximate surface area is 123 Å². The van der Waals surface area contributed by atoms with Gasteiger partial charge in [0.05, 0.1) is 0 Å². The van der Waals surface area contributed by atoms with Gasteiger partial charge in [0.25, 0.3) is 0 Å². The molecule has 0 aliphatic carbocycles. The average Bonchev–Trinajstić information content (AvgIpc) is 2.46. The van der Waals surface area contributed by atoms with E-state index in [0.717, 1.165) is 19.5 Å². The highest BCUT2D eigenvalue weighted by Crippen LogP contribution is 2.25. The van der Waals surface area contributed by atoms with Crippen molar-refractivity contribution in [3.05, 3.63) is 35.4 Å². The second-order valence-electron chi connectivity index (χ2n) is 6.16. The maximum atomic E-state index is 6.08. The van der Waals surface area contributed by atoms with Crippen molar-refractivity contribution >= 4 is 0 Å². The third kappa shape index (κ3) is 3.22. The smallest absolute Gasteiger partial charge is 0.0471 e. The lowest BCUT2D eigenvalue weighted by Gasteiger charge is -2.45. The standard InChI is InChI=1S/C17H29N3/c1-5-15-6-8-16(9-7-15)17(10-18)20-11-13(2)19(4)14(3)12-20/h6-9,13-14,17H,5,10-12,18H2,1-4H3. The van der Waals surface area contributed by atoms with Gasteiger partial charge in [-0.25, -0.2) is 0 Å². The fourth-order valence-electron chi connectivity index (χ4n) is 3.17. The van der Waals surface area contributed by atoms with E-state index in [1.54, 1.807) is 0 Å². The third-order valence-corrected chi connectivity index (χ3v) is 4.82. The van der Waals surface area contributed by atoms with Crippen molar-refractivity contribution in [3.8, 4) is 0 Å². The topological polar surface area (TPSA) is 32.5 Å². The molecule has 20 heavy (non-hydrogen) atoms. The maximum Gasteiger partial charge on any atom is 0.0471 e. The lowest BCUT2D eigenvalue weighted by atomic mass is 9.99. The van der Waals surface area contributed by atoms with Crippen molar-refractivity contribution in [2.75, 3.05) is 26.7 Å². The van der Waals surface area contributed by atoms with Crippen LogP contribution in [0.15, 0.2) is 24.3 Å². The molecule has 2 rings (SSSR count). The largest absolute Gasteiger partial charge is 0.329 e. The molecular formula is C17H29N3. The zero-order chi connectivity index (χ0) is 14.7. The highest BCUT2D eigenvalue weighted by atomic mass is 15.3. The first-order valence-corrected chi connectivity index (χ1v) is 7.81. The molecule has 1 aliphatic rings. The summed E-state index contributed by atoms with van der Waals surface area (Å²) >= 11 is 0. The van der Waals surface area contributed by atoms with E-state index >= 15 is 0 Å². The lowest BCUT2D eigenvalue weighted by Crippen LogP contribution is -2.56. The number of nitrogens with zero attached hydrogens (tertiary/aromatic N) is 2. The van der Waals surface area contributed by atoms with Gasteiger partial charge >= 0.3 is 0 Å². The fourth-order valence-corrected chi connectivity index (χ4v) is 3.17. The second kappa shape index (κ2) is 6.70. The number of hydrogen-bond acceptors (Lipinski definition) is 3. The van der Waals surface area contributed by atoms with Gasteiger partial charge in [-0.2, -0.15) is 0 Å². The predicted molar refractivity (Wildman–Crippen MR) is 85.9 cm³/mol. The highest BCUT2D eigenvalue weighted by Gasteiger charge is 2.30. The van der Waals surface area contributed by atoms with Crippen LogP contribution in [0.25, 0.3) is 0 Å². The summed E-state index contributed by atoms with van der Waals surface area (Å²) in [7, 11) is 2.22. The quantitative estimate of drug-likeness (QED) is 0.915. The highest BCUT2D eigenvalue weighted by molar-refractivity contribution is 5.25. The summed E-state index contributed by atoms with van der Waals surface area (Å²) in [6.07, 6.45) is 1.09. The Bertz CT molecular complexity index is 403. The van der Waals surface area contributed by atoms with E-state index < -0.39 is 0 Å². The monoisotopic (exact) mass is 275 g/mol. The number of likely N-dealkylation sites (N-methyl/N-ethyl adjacent to an activating group) is 1. The van der Waals surface area contributed by atoms with E-state index in [1.807, 2.05) is 0 Å². The minimum atomic E-state index is 0.347. The summed E-state index contributed by atoms with van der Waals surface area (Å²) in [5.41, 5.74) is 8.82. The van der Waals surface area contributed by atoms with E-state index in [9.17, 15) is 0 Å². The molecule has 0 radical (unpaired) electrons. The van der Waals surface area contributed by atoms with E-state index in [-0.39, 0.29) is 0 Å². The molecule has 0 spiro atoms. The van der Waals surface area contributed by atoms with Gasteiger partial charge in [-0.05, 0) is 38.4 Å². The van der Waals surface area contributed by atoms with Crippen LogP contribution >= 0.6 is 0 Å². The number of benzene rings is 1. The average molecular weight is 275 g/mol. The number of aryl methyl sites for hydroxylation is 1. The van der Waals surface area contributed by atoms with Crippen LogP contribution < -0.4 is 5.73 Å². The summed E-state index contributed by atoms with van der Waals surface area (Å²) in [5.74, 6) is 0. The minimum absolute atomic E-state index is 0.347. The third-order valence-electron chi connectivity index (χ3n) is 4.82. The first-order chi connectivity index (χ1) is 9.56. The first-order valence-electron chi connectivity index (χ1n) is 7.81. The Morgan fingerprint density at radius 2 is 1.70 bits per heavy atom. The predicted octanol–water partition coefficient (Wildman–Crippen LogP) is 2.27. The van der Waals surface area contributed by atoms with E-state index in [1.165, 1.54) is 11.1 Å². The Morgan fingerprint density at radius 3 is 2.15 bits per heavy atom. The molecule has 1 saturated heterocycles. The van der Waals surface area contributed by atoms with Gasteiger partial charge in [0.15, 0.2) is 0 Å². The van der Waals surface area contributed by atoms with Gasteiger partial charge in [-0.15, -0.1) is 0 Å². The molecule has 3 unspecified atom stereocenters. The Kier molecular flexibility index (Phi) is 5.19. The molecule has 2 N–H and O–H groups in total. The molecule has 0 saturated carbocycles. The molecule has 1 heterocycles. The Hall–Kier alpha value is -0.900. The number of nitrogens with two attached hydrogens (primary N) is 1. The van der Waals surface area contributed by atoms with E-state index in [4.69, 9.17) is 5.73 Å². The Balaban J connectivity index is 2.14. The first kappa shape index (κ1) is 15.5. The molecule has 3 nitrogen and oxygen atoms in total. The fraction of sp³-hybridized carbons (Fsp3) is 0.647. The van der Waals surface area contributed by atoms with Crippen molar-refractivity contribution in [3.63, 3.8) is 0 Å². The van der Waals surface area contributed by atoms with Crippen LogP contribution in [0.4, 0.5) is 0 Å². The van der Waals surface area contributed by atoms with Crippen LogP contribution in [0, 0.1) is 0 Å². The zero-order valence-electron chi connectivity index (χ0n) is 13.3. The van der Waals surface area contributed by atoms with Gasteiger partial charge in [0.1, 0.15) is 0 Å². The van der Waals surface area contributed by atoms with Gasteiger partial charge < -0.3 is 5.73 Å². The van der Waals surface area contributed by atoms with Crippen molar-refractivity contribution in [1.82, 2.24) is 9.80 Å². The SMILES string of the molecule is CCc1ccc(C(CN)N2CC(C)N(C)C(C)C2)cc1. The van der Waals surface area contributed by atoms with Crippen LogP contribution in [0.2, 0.25) is 0 Å². The van der Waals surface area contributed by atoms with Crippen molar-refractivity contribution in [2.24, 2.45) is 5.73 Å². The van der Waals surface area contributed by atoms with E-state index in [2.05, 4.69) is 61.9 Å². The molecule has 3 atom stereocenters. The van der Waals surface area contributed by atoms with Gasteiger partial charge in [-0.1, -0.05) is 31.2 Å². The van der Waals surface area contributed by atoms with Crippen LogP contribution in [-0.2, 0) is 6.42 Å². The number of rotatable bonds is 4. The molecule has 1 aromatic rings. The van der Waals surface area contributed by atoms with Crippen molar-refractivity contribution in [2.45, 2.75) is 45.3 Å². The van der Waals surface area contributed by atoms with Crippen LogP contribution in [0.5, 0.6) is 0 Å². The molecule has 0 aromatic heterocycles. The summed E-state index contributed by atoms with van der Waals surface area (Å²) in [6, 6.07) is 10.5. The second-order valence-corrected chi connectivity index (χ2v) is 6.16. The number of hydrogen-bond donors (Lipinski definition) is 1. The number of piperazine rings is 1. The van der Waals surface area contributed by atoms with Crippen LogP contribution in [0.1, 0.15) is 37.9 Å². The molecule has 0 amide bonds. The van der Waals surface area contributed by atoms with Crippen LogP contribution in [-0.4, -0.2) is 48.6 Å². The summed E-state index contributed by atoms with van der Waals surface area (Å²) < 4.78 is 0. The normalized spacial score (nSPS) is 26.6. The van der Waals surface area contributed by atoms with Crippen molar-refractivity contribution < 1.29 is 0 Å². The molecular weight excluding hydrogens is 246 g/mol. The van der Waals surface area contributed by atoms with Crippen LogP contribution in [0.3, 0.4) is 0 Å². The molecule has 1 aliphatic heterocycles. The summed E-state index contributed by atoms with van der Waals surface area (Å²) in [6.45, 7) is 9.68. The van der Waals surface area contributed by atoms with Gasteiger partial charge in [0, 0.05) is 37.8 Å². The Morgan fingerprint density at radius 1 is 1.15 bits per heavy atom. The molecule has 1 fully saturated rings. The van der Waals surface area contributed by atoms with Gasteiger partial charge in [-0.3, -0.25) is 9.80 Å². The molecule has 0 bridgehead atoms. The molecule has 3 heteroatoms. The minimum Gasteiger partial charge on any atom is -0.329 e. The van der Waals surface area contributed by atoms with E-state index in [0.29, 0.717) is 24.7 Å². The zero-order valence-corrected chi connectivity index (χ0v) is 13.3.